The maximum absolute atomic E-state index is 13.0. The summed E-state index contributed by atoms with van der Waals surface area (Å²) < 4.78 is 0. The van der Waals surface area contributed by atoms with E-state index in [1.54, 1.807) is 24.3 Å². The van der Waals surface area contributed by atoms with Gasteiger partial charge >= 0.3 is 0 Å². The van der Waals surface area contributed by atoms with Crippen molar-refractivity contribution in [1.82, 2.24) is 15.2 Å². The number of H-pyrrole nitrogens is 1. The zero-order valence-electron chi connectivity index (χ0n) is 16.7. The van der Waals surface area contributed by atoms with Crippen LogP contribution in [0.5, 0.6) is 0 Å². The molecule has 0 bridgehead atoms. The molecule has 8 heteroatoms. The van der Waals surface area contributed by atoms with Gasteiger partial charge in [-0.2, -0.15) is 0 Å². The summed E-state index contributed by atoms with van der Waals surface area (Å²) in [6.07, 6.45) is 2.13. The van der Waals surface area contributed by atoms with Crippen LogP contribution in [0.15, 0.2) is 54.7 Å². The van der Waals surface area contributed by atoms with Crippen LogP contribution >= 0.6 is 11.6 Å². The van der Waals surface area contributed by atoms with Crippen LogP contribution in [-0.4, -0.2) is 47.2 Å². The lowest BCUT2D eigenvalue weighted by atomic mass is 10.0. The third-order valence-electron chi connectivity index (χ3n) is 4.68. The number of aromatic nitrogens is 1. The fourth-order valence-electron chi connectivity index (χ4n) is 3.28. The highest BCUT2D eigenvalue weighted by atomic mass is 35.5. The predicted octanol–water partition coefficient (Wildman–Crippen LogP) is 2.97. The molecule has 0 radical (unpaired) electrons. The van der Waals surface area contributed by atoms with Crippen molar-refractivity contribution in [2.45, 2.75) is 19.4 Å². The van der Waals surface area contributed by atoms with E-state index in [1.807, 2.05) is 30.5 Å². The van der Waals surface area contributed by atoms with Crippen LogP contribution in [0.3, 0.4) is 0 Å². The number of likely N-dealkylation sites (N-methyl/N-ethyl adjacent to an activating group) is 1. The molecule has 3 N–H and O–H groups in total. The van der Waals surface area contributed by atoms with Gasteiger partial charge in [-0.05, 0) is 23.8 Å². The Bertz CT molecular complexity index is 1080. The largest absolute Gasteiger partial charge is 0.361 e. The molecule has 156 valence electrons. The van der Waals surface area contributed by atoms with Gasteiger partial charge in [0.15, 0.2) is 0 Å². The quantitative estimate of drug-likeness (QED) is 0.542. The third-order valence-corrected chi connectivity index (χ3v) is 5.01. The van der Waals surface area contributed by atoms with Gasteiger partial charge in [0.25, 0.3) is 0 Å². The van der Waals surface area contributed by atoms with Crippen molar-refractivity contribution in [1.29, 1.82) is 0 Å². The normalized spacial score (nSPS) is 11.7. The minimum atomic E-state index is -0.792. The molecular weight excluding hydrogens is 404 g/mol. The Morgan fingerprint density at radius 3 is 2.53 bits per heavy atom. The number of rotatable bonds is 7. The Hall–Kier alpha value is -3.32. The molecule has 7 nitrogen and oxygen atoms in total. The van der Waals surface area contributed by atoms with Crippen LogP contribution in [0.4, 0.5) is 5.69 Å². The molecule has 2 aromatic carbocycles. The van der Waals surface area contributed by atoms with Gasteiger partial charge in [-0.25, -0.2) is 0 Å². The molecular formula is C22H23ClN4O3. The molecule has 3 rings (SSSR count). The highest BCUT2D eigenvalue weighted by molar-refractivity contribution is 6.33. The van der Waals surface area contributed by atoms with Crippen molar-refractivity contribution < 1.29 is 14.4 Å². The van der Waals surface area contributed by atoms with Crippen LogP contribution in [0.2, 0.25) is 5.02 Å². The fourth-order valence-corrected chi connectivity index (χ4v) is 3.46. The number of hydrogen-bond acceptors (Lipinski definition) is 3. The lowest BCUT2D eigenvalue weighted by Gasteiger charge is -2.24. The van der Waals surface area contributed by atoms with Crippen LogP contribution in [0, 0.1) is 0 Å². The molecule has 3 amide bonds. The maximum Gasteiger partial charge on any atom is 0.245 e. The van der Waals surface area contributed by atoms with Gasteiger partial charge in [0.1, 0.15) is 6.04 Å². The minimum absolute atomic E-state index is 0.173. The summed E-state index contributed by atoms with van der Waals surface area (Å²) in [5.74, 6) is -1.06. The Morgan fingerprint density at radius 2 is 1.80 bits per heavy atom. The number of hydrogen-bond donors (Lipinski definition) is 3. The number of aromatic amines is 1. The van der Waals surface area contributed by atoms with Crippen molar-refractivity contribution in [3.63, 3.8) is 0 Å². The van der Waals surface area contributed by atoms with Crippen LogP contribution < -0.4 is 10.6 Å². The van der Waals surface area contributed by atoms with E-state index >= 15 is 0 Å². The third kappa shape index (κ3) is 5.18. The Balaban J connectivity index is 1.70. The van der Waals surface area contributed by atoms with E-state index in [2.05, 4.69) is 15.6 Å². The van der Waals surface area contributed by atoms with E-state index in [1.165, 1.54) is 18.9 Å². The molecule has 0 aliphatic carbocycles. The SMILES string of the molecule is CC(=O)N[C@H](Cc1c[nH]c2ccccc12)C(=O)N(C)CC(=O)Nc1ccccc1Cl. The van der Waals surface area contributed by atoms with Crippen molar-refractivity contribution >= 4 is 45.9 Å². The number of carbonyl (C=O) groups is 3. The average molecular weight is 427 g/mol. The molecule has 0 saturated carbocycles. The molecule has 1 atom stereocenters. The number of benzene rings is 2. The summed E-state index contributed by atoms with van der Waals surface area (Å²) >= 11 is 6.06. The number of carbonyl (C=O) groups excluding carboxylic acids is 3. The molecule has 1 aromatic heterocycles. The monoisotopic (exact) mass is 426 g/mol. The van der Waals surface area contributed by atoms with Crippen LogP contribution in [0.25, 0.3) is 10.9 Å². The predicted molar refractivity (Wildman–Crippen MR) is 117 cm³/mol. The van der Waals surface area contributed by atoms with E-state index < -0.39 is 6.04 Å². The van der Waals surface area contributed by atoms with E-state index in [9.17, 15) is 14.4 Å². The lowest BCUT2D eigenvalue weighted by Crippen LogP contribution is -2.49. The van der Waals surface area contributed by atoms with Crippen molar-refractivity contribution in [2.75, 3.05) is 18.9 Å². The number of halogens is 1. The first-order chi connectivity index (χ1) is 14.3. The van der Waals surface area contributed by atoms with Gasteiger partial charge in [-0.15, -0.1) is 0 Å². The van der Waals surface area contributed by atoms with Crippen molar-refractivity contribution in [2.24, 2.45) is 0 Å². The van der Waals surface area contributed by atoms with Crippen LogP contribution in [-0.2, 0) is 20.8 Å². The van der Waals surface area contributed by atoms with Gasteiger partial charge in [-0.1, -0.05) is 41.9 Å². The topological polar surface area (TPSA) is 94.3 Å². The number of fused-ring (bicyclic) bond motifs is 1. The zero-order chi connectivity index (χ0) is 21.7. The Labute approximate surface area is 179 Å². The minimum Gasteiger partial charge on any atom is -0.361 e. The highest BCUT2D eigenvalue weighted by Crippen LogP contribution is 2.21. The average Bonchev–Trinajstić information content (AvgIpc) is 3.11. The first-order valence-electron chi connectivity index (χ1n) is 9.46. The Kier molecular flexibility index (Phi) is 6.74. The lowest BCUT2D eigenvalue weighted by molar-refractivity contribution is -0.137. The molecule has 0 aliphatic heterocycles. The molecule has 0 aliphatic rings. The van der Waals surface area contributed by atoms with Gasteiger partial charge in [0.05, 0.1) is 17.3 Å². The molecule has 0 saturated heterocycles. The number of amides is 3. The van der Waals surface area contributed by atoms with E-state index in [-0.39, 0.29) is 24.3 Å². The standard InChI is InChI=1S/C22H23ClN4O3/c1-14(28)25-20(11-15-12-24-18-9-5-3-7-16(15)18)22(30)27(2)13-21(29)26-19-10-6-4-8-17(19)23/h3-10,12,20,24H,11,13H2,1-2H3,(H,25,28)(H,26,29)/t20-/m1/s1. The zero-order valence-corrected chi connectivity index (χ0v) is 17.5. The number of nitrogens with zero attached hydrogens (tertiary/aromatic N) is 1. The van der Waals surface area contributed by atoms with E-state index in [0.29, 0.717) is 17.1 Å². The highest BCUT2D eigenvalue weighted by Gasteiger charge is 2.25. The summed E-state index contributed by atoms with van der Waals surface area (Å²) in [5.41, 5.74) is 2.34. The second kappa shape index (κ2) is 9.45. The molecule has 0 fully saturated rings. The van der Waals surface area contributed by atoms with E-state index in [4.69, 9.17) is 11.6 Å². The van der Waals surface area contributed by atoms with Gasteiger partial charge < -0.3 is 20.5 Å². The fraction of sp³-hybridized carbons (Fsp3) is 0.227. The summed E-state index contributed by atoms with van der Waals surface area (Å²) in [4.78, 5) is 41.5. The second-order valence-electron chi connectivity index (χ2n) is 7.04. The van der Waals surface area contributed by atoms with Crippen molar-refractivity contribution in [3.8, 4) is 0 Å². The first kappa shape index (κ1) is 21.4. The first-order valence-corrected chi connectivity index (χ1v) is 9.84. The van der Waals surface area contributed by atoms with E-state index in [0.717, 1.165) is 16.5 Å². The van der Waals surface area contributed by atoms with Gasteiger partial charge in [0.2, 0.25) is 17.7 Å². The summed E-state index contributed by atoms with van der Waals surface area (Å²) in [7, 11) is 1.53. The molecule has 30 heavy (non-hydrogen) atoms. The van der Waals surface area contributed by atoms with Crippen LogP contribution in [0.1, 0.15) is 12.5 Å². The maximum atomic E-state index is 13.0. The number of nitrogens with one attached hydrogen (secondary N) is 3. The summed E-state index contributed by atoms with van der Waals surface area (Å²) in [5, 5.41) is 6.79. The number of anilines is 1. The van der Waals surface area contributed by atoms with Gasteiger partial charge in [-0.3, -0.25) is 14.4 Å². The second-order valence-corrected chi connectivity index (χ2v) is 7.45. The molecule has 1 heterocycles. The number of para-hydroxylation sites is 2. The molecule has 3 aromatic rings. The van der Waals surface area contributed by atoms with Gasteiger partial charge in [0, 0.05) is 37.5 Å². The summed E-state index contributed by atoms with van der Waals surface area (Å²) in [6, 6.07) is 13.8. The summed E-state index contributed by atoms with van der Waals surface area (Å²) in [6.45, 7) is 1.19. The molecule has 0 spiro atoms. The molecule has 0 unspecified atom stereocenters. The Morgan fingerprint density at radius 1 is 1.10 bits per heavy atom. The smallest absolute Gasteiger partial charge is 0.245 e. The van der Waals surface area contributed by atoms with Crippen molar-refractivity contribution in [3.05, 3.63) is 65.3 Å².